The standard InChI is InChI=1S/C25H32N4O/c1-25(2)17-20-16-19(9-10-22(20)26-18-25)6-5-11-28-12-14-29(15-13-28)24-21-7-3-4-8-23(21)30-27-24/h3-4,7-10,16,26H,5-6,11-15,17-18H2,1-2H3. The van der Waals surface area contributed by atoms with E-state index >= 15 is 0 Å². The van der Waals surface area contributed by atoms with Crippen molar-refractivity contribution in [3.63, 3.8) is 0 Å². The fourth-order valence-electron chi connectivity index (χ4n) is 4.82. The van der Waals surface area contributed by atoms with Crippen LogP contribution in [-0.2, 0) is 12.8 Å². The van der Waals surface area contributed by atoms with E-state index in [1.54, 1.807) is 0 Å². The summed E-state index contributed by atoms with van der Waals surface area (Å²) in [7, 11) is 0. The molecule has 2 aliphatic rings. The molecule has 30 heavy (non-hydrogen) atoms. The van der Waals surface area contributed by atoms with Crippen LogP contribution in [0.5, 0.6) is 0 Å². The van der Waals surface area contributed by atoms with E-state index in [0.29, 0.717) is 5.41 Å². The molecule has 0 spiro atoms. The van der Waals surface area contributed by atoms with Crippen LogP contribution in [-0.4, -0.2) is 49.3 Å². The second-order valence-electron chi connectivity index (χ2n) is 9.62. The third-order valence-corrected chi connectivity index (χ3v) is 6.57. The molecule has 0 amide bonds. The molecule has 5 heteroatoms. The van der Waals surface area contributed by atoms with Gasteiger partial charge in [0.2, 0.25) is 0 Å². The van der Waals surface area contributed by atoms with Crippen molar-refractivity contribution in [1.82, 2.24) is 10.1 Å². The molecule has 3 heterocycles. The number of para-hydroxylation sites is 1. The summed E-state index contributed by atoms with van der Waals surface area (Å²) < 4.78 is 5.49. The van der Waals surface area contributed by atoms with E-state index in [1.165, 1.54) is 29.7 Å². The fourth-order valence-corrected chi connectivity index (χ4v) is 4.82. The normalized spacial score (nSPS) is 18.9. The summed E-state index contributed by atoms with van der Waals surface area (Å²) in [6.45, 7) is 11.1. The molecule has 0 aliphatic carbocycles. The van der Waals surface area contributed by atoms with Gasteiger partial charge in [0.1, 0.15) is 0 Å². The Morgan fingerprint density at radius 2 is 1.90 bits per heavy atom. The number of aryl methyl sites for hydroxylation is 1. The van der Waals surface area contributed by atoms with Gasteiger partial charge in [0.15, 0.2) is 11.4 Å². The summed E-state index contributed by atoms with van der Waals surface area (Å²) in [4.78, 5) is 4.95. The zero-order valence-electron chi connectivity index (χ0n) is 18.2. The van der Waals surface area contributed by atoms with Gasteiger partial charge in [-0.2, -0.15) is 0 Å². The van der Waals surface area contributed by atoms with Crippen molar-refractivity contribution in [3.05, 3.63) is 53.6 Å². The number of hydrogen-bond donors (Lipinski definition) is 1. The molecule has 2 aliphatic heterocycles. The molecule has 0 radical (unpaired) electrons. The van der Waals surface area contributed by atoms with Crippen LogP contribution in [0.2, 0.25) is 0 Å². The van der Waals surface area contributed by atoms with E-state index in [2.05, 4.69) is 64.5 Å². The second kappa shape index (κ2) is 7.95. The molecule has 2 aromatic carbocycles. The Kier molecular flexibility index (Phi) is 5.15. The highest BCUT2D eigenvalue weighted by Gasteiger charge is 2.25. The lowest BCUT2D eigenvalue weighted by molar-refractivity contribution is 0.253. The van der Waals surface area contributed by atoms with Gasteiger partial charge in [-0.3, -0.25) is 4.90 Å². The van der Waals surface area contributed by atoms with Crippen molar-refractivity contribution in [2.45, 2.75) is 33.1 Å². The fraction of sp³-hybridized carbons (Fsp3) is 0.480. The maximum Gasteiger partial charge on any atom is 0.180 e. The van der Waals surface area contributed by atoms with Crippen molar-refractivity contribution in [2.24, 2.45) is 5.41 Å². The summed E-state index contributed by atoms with van der Waals surface area (Å²) in [6.07, 6.45) is 3.53. The lowest BCUT2D eigenvalue weighted by Gasteiger charge is -2.34. The monoisotopic (exact) mass is 404 g/mol. The van der Waals surface area contributed by atoms with Crippen molar-refractivity contribution < 1.29 is 4.52 Å². The summed E-state index contributed by atoms with van der Waals surface area (Å²) in [6, 6.07) is 15.1. The SMILES string of the molecule is CC1(C)CNc2ccc(CCCN3CCN(c4noc5ccccc45)CC3)cc2C1. The number of nitrogens with one attached hydrogen (secondary N) is 1. The zero-order chi connectivity index (χ0) is 20.6. The van der Waals surface area contributed by atoms with Crippen LogP contribution < -0.4 is 10.2 Å². The first-order chi connectivity index (χ1) is 14.6. The predicted octanol–water partition coefficient (Wildman–Crippen LogP) is 4.58. The van der Waals surface area contributed by atoms with E-state index in [0.717, 1.165) is 62.5 Å². The largest absolute Gasteiger partial charge is 0.384 e. The van der Waals surface area contributed by atoms with Gasteiger partial charge in [-0.1, -0.05) is 43.3 Å². The van der Waals surface area contributed by atoms with E-state index in [9.17, 15) is 0 Å². The highest BCUT2D eigenvalue weighted by atomic mass is 16.5. The Morgan fingerprint density at radius 3 is 2.77 bits per heavy atom. The summed E-state index contributed by atoms with van der Waals surface area (Å²) >= 11 is 0. The zero-order valence-corrected chi connectivity index (χ0v) is 18.2. The molecule has 0 bridgehead atoms. The number of hydrogen-bond acceptors (Lipinski definition) is 5. The third kappa shape index (κ3) is 4.04. The first-order valence-corrected chi connectivity index (χ1v) is 11.2. The molecule has 1 aromatic heterocycles. The van der Waals surface area contributed by atoms with Crippen LogP contribution in [0.25, 0.3) is 11.0 Å². The molecule has 5 rings (SSSR count). The van der Waals surface area contributed by atoms with Crippen LogP contribution >= 0.6 is 0 Å². The molecular weight excluding hydrogens is 372 g/mol. The van der Waals surface area contributed by atoms with Gasteiger partial charge >= 0.3 is 0 Å². The van der Waals surface area contributed by atoms with Crippen molar-refractivity contribution in [2.75, 3.05) is 49.5 Å². The number of nitrogens with zero attached hydrogens (tertiary/aromatic N) is 3. The molecule has 1 N–H and O–H groups in total. The average molecular weight is 405 g/mol. The minimum absolute atomic E-state index is 0.348. The highest BCUT2D eigenvalue weighted by molar-refractivity contribution is 5.88. The Hall–Kier alpha value is -2.53. The molecule has 0 unspecified atom stereocenters. The molecule has 5 nitrogen and oxygen atoms in total. The highest BCUT2D eigenvalue weighted by Crippen LogP contribution is 2.33. The number of rotatable bonds is 5. The van der Waals surface area contributed by atoms with Crippen LogP contribution in [0, 0.1) is 5.41 Å². The van der Waals surface area contributed by atoms with Gasteiger partial charge in [0.25, 0.3) is 0 Å². The first kappa shape index (κ1) is 19.4. The number of fused-ring (bicyclic) bond motifs is 2. The molecule has 0 atom stereocenters. The molecule has 3 aromatic rings. The van der Waals surface area contributed by atoms with E-state index in [-0.39, 0.29) is 0 Å². The van der Waals surface area contributed by atoms with Crippen LogP contribution in [0.3, 0.4) is 0 Å². The molecule has 1 fully saturated rings. The van der Waals surface area contributed by atoms with Gasteiger partial charge in [-0.05, 0) is 60.5 Å². The number of piperazine rings is 1. The average Bonchev–Trinajstić information content (AvgIpc) is 3.18. The minimum Gasteiger partial charge on any atom is -0.384 e. The number of anilines is 2. The summed E-state index contributed by atoms with van der Waals surface area (Å²) in [5, 5.41) is 9.03. The van der Waals surface area contributed by atoms with Crippen molar-refractivity contribution >= 4 is 22.5 Å². The summed E-state index contributed by atoms with van der Waals surface area (Å²) in [5.41, 5.74) is 5.51. The Balaban J connectivity index is 1.12. The summed E-state index contributed by atoms with van der Waals surface area (Å²) in [5.74, 6) is 0.996. The predicted molar refractivity (Wildman–Crippen MR) is 123 cm³/mol. The smallest absolute Gasteiger partial charge is 0.180 e. The Morgan fingerprint density at radius 1 is 1.07 bits per heavy atom. The Bertz CT molecular complexity index is 1020. The van der Waals surface area contributed by atoms with Crippen LogP contribution in [0.15, 0.2) is 47.0 Å². The van der Waals surface area contributed by atoms with E-state index < -0.39 is 0 Å². The van der Waals surface area contributed by atoms with Crippen LogP contribution in [0.1, 0.15) is 31.4 Å². The second-order valence-corrected chi connectivity index (χ2v) is 9.62. The Labute approximate surface area is 179 Å². The van der Waals surface area contributed by atoms with Crippen molar-refractivity contribution in [1.29, 1.82) is 0 Å². The quantitative estimate of drug-likeness (QED) is 0.674. The molecular formula is C25H32N4O. The molecule has 0 saturated carbocycles. The first-order valence-electron chi connectivity index (χ1n) is 11.2. The van der Waals surface area contributed by atoms with Gasteiger partial charge in [0, 0.05) is 38.4 Å². The lowest BCUT2D eigenvalue weighted by Crippen LogP contribution is -2.46. The van der Waals surface area contributed by atoms with Gasteiger partial charge in [-0.15, -0.1) is 0 Å². The van der Waals surface area contributed by atoms with Crippen molar-refractivity contribution in [3.8, 4) is 0 Å². The number of benzene rings is 2. The van der Waals surface area contributed by atoms with E-state index in [4.69, 9.17) is 4.52 Å². The topological polar surface area (TPSA) is 44.5 Å². The minimum atomic E-state index is 0.348. The molecule has 158 valence electrons. The lowest BCUT2D eigenvalue weighted by atomic mass is 9.81. The number of aromatic nitrogens is 1. The maximum atomic E-state index is 5.49. The van der Waals surface area contributed by atoms with Crippen LogP contribution in [0.4, 0.5) is 11.5 Å². The maximum absolute atomic E-state index is 5.49. The molecule has 1 saturated heterocycles. The van der Waals surface area contributed by atoms with Gasteiger partial charge in [-0.25, -0.2) is 0 Å². The van der Waals surface area contributed by atoms with Gasteiger partial charge < -0.3 is 14.7 Å². The van der Waals surface area contributed by atoms with Gasteiger partial charge in [0.05, 0.1) is 5.39 Å². The van der Waals surface area contributed by atoms with E-state index in [1.807, 2.05) is 12.1 Å². The third-order valence-electron chi connectivity index (χ3n) is 6.57.